The van der Waals surface area contributed by atoms with E-state index >= 15 is 0 Å². The molecule has 0 spiro atoms. The Hall–Kier alpha value is -0.380. The molecule has 0 bridgehead atoms. The van der Waals surface area contributed by atoms with Crippen molar-refractivity contribution in [2.24, 2.45) is 10.9 Å². The van der Waals surface area contributed by atoms with Crippen molar-refractivity contribution in [2.75, 3.05) is 53.5 Å². The summed E-state index contributed by atoms with van der Waals surface area (Å²) in [6.07, 6.45) is 1.06. The number of hydrogen-bond acceptors (Lipinski definition) is 4. The molecule has 1 aromatic heterocycles. The minimum atomic E-state index is 0. The van der Waals surface area contributed by atoms with Crippen molar-refractivity contribution in [1.82, 2.24) is 15.1 Å². The van der Waals surface area contributed by atoms with Crippen LogP contribution >= 0.6 is 35.3 Å². The van der Waals surface area contributed by atoms with Crippen molar-refractivity contribution in [2.45, 2.75) is 26.3 Å². The van der Waals surface area contributed by atoms with Gasteiger partial charge in [0.05, 0.1) is 13.2 Å². The van der Waals surface area contributed by atoms with Crippen molar-refractivity contribution in [3.63, 3.8) is 0 Å². The highest BCUT2D eigenvalue weighted by molar-refractivity contribution is 14.0. The van der Waals surface area contributed by atoms with E-state index in [4.69, 9.17) is 4.74 Å². The lowest BCUT2D eigenvalue weighted by molar-refractivity contribution is 0.00742. The smallest absolute Gasteiger partial charge is 0.193 e. The standard InChI is InChI=1S/C18H32N4OS.HI/c1-15(2)17(22-9-11-23-12-10-22)14-20-18(19-3)21(4)8-7-16-6-5-13-24-16;/h5-6,13,15,17H,7-12,14H2,1-4H3,(H,19,20);1H. The van der Waals surface area contributed by atoms with Gasteiger partial charge in [-0.25, -0.2) is 0 Å². The fraction of sp³-hybridized carbons (Fsp3) is 0.722. The van der Waals surface area contributed by atoms with E-state index in [9.17, 15) is 0 Å². The van der Waals surface area contributed by atoms with Crippen molar-refractivity contribution in [1.29, 1.82) is 0 Å². The summed E-state index contributed by atoms with van der Waals surface area (Å²) in [7, 11) is 3.98. The largest absolute Gasteiger partial charge is 0.379 e. The second kappa shape index (κ2) is 12.1. The maximum absolute atomic E-state index is 5.49. The monoisotopic (exact) mass is 480 g/mol. The Morgan fingerprint density at radius 3 is 2.68 bits per heavy atom. The highest BCUT2D eigenvalue weighted by Gasteiger charge is 2.24. The number of nitrogens with zero attached hydrogens (tertiary/aromatic N) is 3. The molecule has 0 aromatic carbocycles. The van der Waals surface area contributed by atoms with Crippen molar-refractivity contribution < 1.29 is 4.74 Å². The second-order valence-corrected chi connectivity index (χ2v) is 7.67. The summed E-state index contributed by atoms with van der Waals surface area (Å²) in [6, 6.07) is 4.82. The number of morpholine rings is 1. The first kappa shape index (κ1) is 22.7. The van der Waals surface area contributed by atoms with Gasteiger partial charge in [-0.2, -0.15) is 0 Å². The zero-order chi connectivity index (χ0) is 17.4. The molecule has 1 aliphatic rings. The van der Waals surface area contributed by atoms with E-state index in [1.54, 1.807) is 0 Å². The normalized spacial score (nSPS) is 17.2. The van der Waals surface area contributed by atoms with E-state index in [0.29, 0.717) is 12.0 Å². The van der Waals surface area contributed by atoms with Gasteiger partial charge < -0.3 is 15.0 Å². The molecule has 1 aliphatic heterocycles. The maximum atomic E-state index is 5.49. The van der Waals surface area contributed by atoms with Gasteiger partial charge in [0.2, 0.25) is 0 Å². The quantitative estimate of drug-likeness (QED) is 0.370. The van der Waals surface area contributed by atoms with Gasteiger partial charge in [0.1, 0.15) is 0 Å². The van der Waals surface area contributed by atoms with E-state index in [-0.39, 0.29) is 24.0 Å². The number of thiophene rings is 1. The number of ether oxygens (including phenoxy) is 1. The summed E-state index contributed by atoms with van der Waals surface area (Å²) in [5, 5.41) is 5.71. The van der Waals surface area contributed by atoms with E-state index in [2.05, 4.69) is 58.5 Å². The lowest BCUT2D eigenvalue weighted by atomic mass is 10.0. The Morgan fingerprint density at radius 1 is 1.40 bits per heavy atom. The highest BCUT2D eigenvalue weighted by Crippen LogP contribution is 2.13. The molecule has 0 amide bonds. The number of halogens is 1. The van der Waals surface area contributed by atoms with Crippen molar-refractivity contribution in [3.8, 4) is 0 Å². The van der Waals surface area contributed by atoms with Crippen LogP contribution in [0.5, 0.6) is 0 Å². The molecular formula is C18H33IN4OS. The lowest BCUT2D eigenvalue weighted by Crippen LogP contribution is -2.52. The highest BCUT2D eigenvalue weighted by atomic mass is 127. The molecule has 1 fully saturated rings. The molecule has 25 heavy (non-hydrogen) atoms. The molecular weight excluding hydrogens is 447 g/mol. The average Bonchev–Trinajstić information content (AvgIpc) is 3.10. The molecule has 1 saturated heterocycles. The van der Waals surface area contributed by atoms with Crippen LogP contribution in [-0.2, 0) is 11.2 Å². The molecule has 2 rings (SSSR count). The van der Waals surface area contributed by atoms with Crippen LogP contribution < -0.4 is 5.32 Å². The van der Waals surface area contributed by atoms with Crippen LogP contribution in [0.1, 0.15) is 18.7 Å². The molecule has 1 N–H and O–H groups in total. The van der Waals surface area contributed by atoms with Gasteiger partial charge in [-0.3, -0.25) is 9.89 Å². The Kier molecular flexibility index (Phi) is 11.0. The summed E-state index contributed by atoms with van der Waals surface area (Å²) in [4.78, 5) is 10.6. The third-order valence-corrected chi connectivity index (χ3v) is 5.54. The van der Waals surface area contributed by atoms with Crippen LogP contribution in [0.2, 0.25) is 0 Å². The van der Waals surface area contributed by atoms with Gasteiger partial charge in [0, 0.05) is 51.2 Å². The fourth-order valence-electron chi connectivity index (χ4n) is 3.11. The van der Waals surface area contributed by atoms with Crippen LogP contribution in [0, 0.1) is 5.92 Å². The second-order valence-electron chi connectivity index (χ2n) is 6.64. The average molecular weight is 480 g/mol. The van der Waals surface area contributed by atoms with E-state index in [1.165, 1.54) is 4.88 Å². The van der Waals surface area contributed by atoms with Gasteiger partial charge in [-0.05, 0) is 23.8 Å². The number of hydrogen-bond donors (Lipinski definition) is 1. The minimum Gasteiger partial charge on any atom is -0.379 e. The van der Waals surface area contributed by atoms with Crippen LogP contribution in [-0.4, -0.2) is 75.3 Å². The Balaban J connectivity index is 0.00000312. The molecule has 1 unspecified atom stereocenters. The molecule has 7 heteroatoms. The molecule has 1 atom stereocenters. The summed E-state index contributed by atoms with van der Waals surface area (Å²) in [5.74, 6) is 1.58. The topological polar surface area (TPSA) is 40.1 Å². The van der Waals surface area contributed by atoms with Crippen LogP contribution in [0.3, 0.4) is 0 Å². The van der Waals surface area contributed by atoms with Crippen LogP contribution in [0.4, 0.5) is 0 Å². The van der Waals surface area contributed by atoms with Gasteiger partial charge in [0.25, 0.3) is 0 Å². The number of guanidine groups is 1. The zero-order valence-corrected chi connectivity index (χ0v) is 19.0. The summed E-state index contributed by atoms with van der Waals surface area (Å²) in [6.45, 7) is 10.2. The van der Waals surface area contributed by atoms with Gasteiger partial charge >= 0.3 is 0 Å². The third kappa shape index (κ3) is 7.40. The number of likely N-dealkylation sites (N-methyl/N-ethyl adjacent to an activating group) is 1. The SMILES string of the molecule is CN=C(NCC(C(C)C)N1CCOCC1)N(C)CCc1cccs1.I. The minimum absolute atomic E-state index is 0. The van der Waals surface area contributed by atoms with Gasteiger partial charge in [-0.15, -0.1) is 35.3 Å². The van der Waals surface area contributed by atoms with Crippen molar-refractivity contribution in [3.05, 3.63) is 22.4 Å². The summed E-state index contributed by atoms with van der Waals surface area (Å²) in [5.41, 5.74) is 0. The molecule has 0 aliphatic carbocycles. The Morgan fingerprint density at radius 2 is 2.12 bits per heavy atom. The predicted molar refractivity (Wildman–Crippen MR) is 118 cm³/mol. The van der Waals surface area contributed by atoms with Gasteiger partial charge in [0.15, 0.2) is 5.96 Å². The predicted octanol–water partition coefficient (Wildman–Crippen LogP) is 2.77. The first-order valence-electron chi connectivity index (χ1n) is 8.87. The van der Waals surface area contributed by atoms with E-state index in [1.807, 2.05) is 18.4 Å². The molecule has 144 valence electrons. The van der Waals surface area contributed by atoms with E-state index in [0.717, 1.165) is 51.8 Å². The zero-order valence-electron chi connectivity index (χ0n) is 15.9. The molecule has 2 heterocycles. The number of aliphatic imine (C=N–C) groups is 1. The van der Waals surface area contributed by atoms with E-state index < -0.39 is 0 Å². The molecule has 0 saturated carbocycles. The molecule has 5 nitrogen and oxygen atoms in total. The lowest BCUT2D eigenvalue weighted by Gasteiger charge is -2.37. The number of rotatable bonds is 7. The first-order chi connectivity index (χ1) is 11.6. The fourth-order valence-corrected chi connectivity index (χ4v) is 3.81. The molecule has 1 aromatic rings. The number of nitrogens with one attached hydrogen (secondary N) is 1. The summed E-state index contributed by atoms with van der Waals surface area (Å²) >= 11 is 1.82. The van der Waals surface area contributed by atoms with Crippen LogP contribution in [0.25, 0.3) is 0 Å². The third-order valence-electron chi connectivity index (χ3n) is 4.60. The maximum Gasteiger partial charge on any atom is 0.193 e. The first-order valence-corrected chi connectivity index (χ1v) is 9.75. The Labute approximate surface area is 173 Å². The molecule has 0 radical (unpaired) electrons. The van der Waals surface area contributed by atoms with Gasteiger partial charge in [-0.1, -0.05) is 19.9 Å². The van der Waals surface area contributed by atoms with Crippen molar-refractivity contribution >= 4 is 41.3 Å². The van der Waals surface area contributed by atoms with Crippen LogP contribution in [0.15, 0.2) is 22.5 Å². The Bertz CT molecular complexity index is 489. The summed E-state index contributed by atoms with van der Waals surface area (Å²) < 4.78 is 5.49.